The lowest BCUT2D eigenvalue weighted by Crippen LogP contribution is -2.88. The minimum atomic E-state index is -1.02. The molecule has 13 heteroatoms. The third-order valence-electron chi connectivity index (χ3n) is 10.2. The van der Waals surface area contributed by atoms with Crippen LogP contribution in [-0.4, -0.2) is 90.5 Å². The van der Waals surface area contributed by atoms with E-state index < -0.39 is 52.6 Å². The molecular formula is C38H66N6O6S+2. The zero-order chi connectivity index (χ0) is 38.6. The normalized spacial score (nSPS) is 19.6. The number of hydrogen-bond donors (Lipinski definition) is 5. The van der Waals surface area contributed by atoms with Gasteiger partial charge >= 0.3 is 17.7 Å². The van der Waals surface area contributed by atoms with Crippen molar-refractivity contribution in [3.05, 3.63) is 25.3 Å². The number of rotatable bonds is 21. The lowest BCUT2D eigenvalue weighted by Gasteiger charge is -2.40. The second-order valence-corrected chi connectivity index (χ2v) is 17.8. The molecular weight excluding hydrogens is 669 g/mol. The molecule has 6 N–H and O–H groups in total. The van der Waals surface area contributed by atoms with E-state index in [4.69, 9.17) is 0 Å². The van der Waals surface area contributed by atoms with Gasteiger partial charge in [0.2, 0.25) is 23.4 Å². The third kappa shape index (κ3) is 13.7. The van der Waals surface area contributed by atoms with Gasteiger partial charge in [-0.15, -0.1) is 13.2 Å². The fraction of sp³-hybridized carbons (Fsp3) is 0.763. The van der Waals surface area contributed by atoms with Gasteiger partial charge in [0, 0.05) is 30.1 Å². The molecule has 0 spiro atoms. The van der Waals surface area contributed by atoms with Crippen LogP contribution in [0.5, 0.6) is 0 Å². The van der Waals surface area contributed by atoms with E-state index in [1.807, 2.05) is 34.6 Å². The molecule has 5 atom stereocenters. The Balaban J connectivity index is 2.36. The maximum absolute atomic E-state index is 14.6. The maximum atomic E-state index is 14.6. The molecule has 0 aromatic carbocycles. The smallest absolute Gasteiger partial charge is 0.346 e. The number of allylic oxidation sites excluding steroid dienone is 1. The quantitative estimate of drug-likeness (QED) is 0.0526. The van der Waals surface area contributed by atoms with Gasteiger partial charge in [-0.2, -0.15) is 0 Å². The van der Waals surface area contributed by atoms with E-state index in [1.165, 1.54) is 6.08 Å². The molecule has 0 aromatic heterocycles. The molecule has 5 amide bonds. The molecule has 0 aromatic rings. The zero-order valence-corrected chi connectivity index (χ0v) is 33.2. The molecule has 1 aliphatic heterocycles. The van der Waals surface area contributed by atoms with Crippen LogP contribution in [0.4, 0.5) is 4.79 Å². The van der Waals surface area contributed by atoms with Crippen molar-refractivity contribution in [2.24, 2.45) is 28.1 Å². The van der Waals surface area contributed by atoms with Crippen LogP contribution in [0.3, 0.4) is 0 Å². The Morgan fingerprint density at radius 1 is 0.902 bits per heavy atom. The van der Waals surface area contributed by atoms with Gasteiger partial charge in [0.25, 0.3) is 5.91 Å². The lowest BCUT2D eigenvalue weighted by atomic mass is 9.72. The first-order chi connectivity index (χ1) is 23.8. The minimum absolute atomic E-state index is 0.129. The van der Waals surface area contributed by atoms with Crippen molar-refractivity contribution in [2.75, 3.05) is 31.9 Å². The Hall–Kier alpha value is -3.19. The standard InChI is InChI=1S/C38H64N6O6S/c1-11-18-38(9,10)26-17-21-44(29(26)32(46)41-27(23-25-15-16-25)30(45)33(47)40-19-12-2)34(48)31(37(6,7)8)43-35(49)42-28(36(3,4)5)24-39-20-13-14-22-51-50/h11-12,25-29,31,39H,1-2,13-24H2,3-10H3,(H3-,40,41,42,43,46,47,49)/p+2/t26-,27?,28+,29-,31+/m0/s1. The van der Waals surface area contributed by atoms with Crippen LogP contribution in [0.1, 0.15) is 100 Å². The van der Waals surface area contributed by atoms with Crippen LogP contribution >= 0.6 is 0 Å². The van der Waals surface area contributed by atoms with Crippen molar-refractivity contribution in [3.63, 3.8) is 0 Å². The molecule has 51 heavy (non-hydrogen) atoms. The molecule has 2 rings (SSSR count). The van der Waals surface area contributed by atoms with E-state index in [2.05, 4.69) is 60.5 Å². The van der Waals surface area contributed by atoms with E-state index in [0.29, 0.717) is 49.8 Å². The number of ketones is 1. The van der Waals surface area contributed by atoms with Crippen LogP contribution in [0.25, 0.3) is 0 Å². The summed E-state index contributed by atoms with van der Waals surface area (Å²) in [5.74, 6) is -1.80. The average Bonchev–Trinajstić information content (AvgIpc) is 3.73. The predicted molar refractivity (Wildman–Crippen MR) is 202 cm³/mol. The second-order valence-electron chi connectivity index (χ2n) is 17.1. The van der Waals surface area contributed by atoms with E-state index in [0.717, 1.165) is 32.2 Å². The van der Waals surface area contributed by atoms with E-state index in [9.17, 15) is 28.2 Å². The summed E-state index contributed by atoms with van der Waals surface area (Å²) >= 11 is 0.596. The molecule has 12 nitrogen and oxygen atoms in total. The number of amides is 5. The number of urea groups is 1. The molecule has 1 aliphatic carbocycles. The highest BCUT2D eigenvalue weighted by Crippen LogP contribution is 2.43. The Morgan fingerprint density at radius 2 is 1.57 bits per heavy atom. The average molecular weight is 735 g/mol. The van der Waals surface area contributed by atoms with Crippen LogP contribution < -0.4 is 26.6 Å². The van der Waals surface area contributed by atoms with E-state index >= 15 is 0 Å². The van der Waals surface area contributed by atoms with Gasteiger partial charge in [-0.1, -0.05) is 80.4 Å². The molecule has 2 aliphatic rings. The first-order valence-corrected chi connectivity index (χ1v) is 19.5. The number of Topliss-reactive ketones (excluding diaryl/α,β-unsaturated/α-hetero) is 1. The summed E-state index contributed by atoms with van der Waals surface area (Å²) in [6.07, 6.45) is 8.39. The van der Waals surface area contributed by atoms with Crippen molar-refractivity contribution in [2.45, 2.75) is 125 Å². The zero-order valence-electron chi connectivity index (χ0n) is 32.4. The number of nitrogens with zero attached hydrogens (tertiary/aromatic N) is 1. The van der Waals surface area contributed by atoms with Gasteiger partial charge in [0.15, 0.2) is 0 Å². The van der Waals surface area contributed by atoms with Crippen LogP contribution in [-0.2, 0) is 35.1 Å². The number of unbranched alkanes of at least 4 members (excludes halogenated alkanes) is 1. The van der Waals surface area contributed by atoms with Gasteiger partial charge in [-0.25, -0.2) is 4.79 Å². The fourth-order valence-corrected chi connectivity index (χ4v) is 7.12. The summed E-state index contributed by atoms with van der Waals surface area (Å²) in [5, 5.41) is 13.6. The number of carbonyl (C=O) groups excluding carboxylic acids is 5. The highest BCUT2D eigenvalue weighted by Gasteiger charge is 2.51. The lowest BCUT2D eigenvalue weighted by molar-refractivity contribution is -0.658. The number of carbonyl (C=O) groups is 5. The maximum Gasteiger partial charge on any atom is 0.458 e. The Kier molecular flexibility index (Phi) is 16.9. The van der Waals surface area contributed by atoms with E-state index in [-0.39, 0.29) is 35.7 Å². The Bertz CT molecular complexity index is 1250. The number of quaternary nitrogens is 1. The summed E-state index contributed by atoms with van der Waals surface area (Å²) in [6.45, 7) is 25.3. The molecule has 0 bridgehead atoms. The van der Waals surface area contributed by atoms with Crippen molar-refractivity contribution in [1.29, 1.82) is 0 Å². The minimum Gasteiger partial charge on any atom is -0.346 e. The number of hydrogen-bond acceptors (Lipinski definition) is 6. The van der Waals surface area contributed by atoms with E-state index in [1.54, 1.807) is 11.0 Å². The number of nitrogens with one attached hydrogen (secondary N) is 4. The molecule has 1 saturated carbocycles. The molecule has 0 radical (unpaired) electrons. The van der Waals surface area contributed by atoms with Crippen molar-refractivity contribution >= 4 is 41.2 Å². The predicted octanol–water partition coefficient (Wildman–Crippen LogP) is 2.86. The van der Waals surface area contributed by atoms with Crippen LogP contribution in [0, 0.1) is 28.1 Å². The molecule has 1 heterocycles. The number of nitrogens with two attached hydrogens (primary N) is 1. The summed E-state index contributed by atoms with van der Waals surface area (Å²) in [6, 6.07) is -3.58. The first kappa shape index (κ1) is 44.0. The first-order valence-electron chi connectivity index (χ1n) is 18.6. The molecule has 2 fully saturated rings. The topological polar surface area (TPSA) is 170 Å². The van der Waals surface area contributed by atoms with Gasteiger partial charge < -0.3 is 31.5 Å². The van der Waals surface area contributed by atoms with Gasteiger partial charge in [0.05, 0.1) is 25.2 Å². The number of likely N-dealkylation sites (tertiary alicyclic amines) is 1. The van der Waals surface area contributed by atoms with Crippen molar-refractivity contribution < 1.29 is 33.5 Å². The van der Waals surface area contributed by atoms with Crippen LogP contribution in [0.15, 0.2) is 25.3 Å². The van der Waals surface area contributed by atoms with Crippen molar-refractivity contribution in [1.82, 2.24) is 26.2 Å². The SMILES string of the molecule is C=CCNC(=O)C(=O)C(CC1CC1)NC(=O)[C@@H]1[C@@H](C(C)(C)CC=C)CCN1C(=O)[C@@H](NC(=O)N[C@H](C[NH2+]CCCC[S+]=O)C(C)(C)C)C(C)(C)C. The molecule has 288 valence electrons. The van der Waals surface area contributed by atoms with Gasteiger partial charge in [0.1, 0.15) is 12.1 Å². The summed E-state index contributed by atoms with van der Waals surface area (Å²) in [7, 11) is 0. The second kappa shape index (κ2) is 19.6. The monoisotopic (exact) mass is 734 g/mol. The highest BCUT2D eigenvalue weighted by molar-refractivity contribution is 7.65. The molecule has 1 unspecified atom stereocenters. The van der Waals surface area contributed by atoms with Gasteiger partial charge in [-0.05, 0) is 47.3 Å². The Morgan fingerprint density at radius 3 is 2.12 bits per heavy atom. The van der Waals surface area contributed by atoms with Crippen molar-refractivity contribution in [3.8, 4) is 0 Å². The Labute approximate surface area is 310 Å². The summed E-state index contributed by atoms with van der Waals surface area (Å²) in [4.78, 5) is 70.1. The summed E-state index contributed by atoms with van der Waals surface area (Å²) < 4.78 is 10.7. The summed E-state index contributed by atoms with van der Waals surface area (Å²) in [5.41, 5.74) is -1.39. The third-order valence-corrected chi connectivity index (χ3v) is 10.6. The highest BCUT2D eigenvalue weighted by atomic mass is 32.1. The van der Waals surface area contributed by atoms with Crippen LogP contribution in [0.2, 0.25) is 0 Å². The van der Waals surface area contributed by atoms with Gasteiger partial charge in [-0.3, -0.25) is 19.2 Å². The molecule has 1 saturated heterocycles. The fourth-order valence-electron chi connectivity index (χ4n) is 6.80. The largest absolute Gasteiger partial charge is 0.458 e.